The molecule has 0 aliphatic heterocycles. The molecule has 0 unspecified atom stereocenters. The zero-order valence-electron chi connectivity index (χ0n) is 19.0. The summed E-state index contributed by atoms with van der Waals surface area (Å²) in [6.07, 6.45) is 3.42. The van der Waals surface area contributed by atoms with Gasteiger partial charge in [0.25, 0.3) is 0 Å². The smallest absolute Gasteiger partial charge is 0.338 e. The van der Waals surface area contributed by atoms with Crippen LogP contribution in [0.25, 0.3) is 28.1 Å². The second-order valence-corrected chi connectivity index (χ2v) is 8.40. The van der Waals surface area contributed by atoms with Crippen LogP contribution >= 0.6 is 0 Å². The molecule has 0 N–H and O–H groups in total. The Bertz CT molecular complexity index is 1330. The topological polar surface area (TPSA) is 70.7 Å². The van der Waals surface area contributed by atoms with E-state index in [1.807, 2.05) is 11.3 Å². The first kappa shape index (κ1) is 20.5. The summed E-state index contributed by atoms with van der Waals surface area (Å²) in [7, 11) is 1.60. The van der Waals surface area contributed by atoms with Crippen molar-refractivity contribution in [1.82, 2.24) is 18.9 Å². The van der Waals surface area contributed by atoms with E-state index in [0.29, 0.717) is 29.6 Å². The van der Waals surface area contributed by atoms with Crippen LogP contribution < -0.4 is 4.74 Å². The molecular weight excluding hydrogens is 404 g/mol. The number of esters is 1. The Morgan fingerprint density at radius 1 is 1.16 bits per heavy atom. The van der Waals surface area contributed by atoms with Crippen molar-refractivity contribution in [1.29, 1.82) is 0 Å². The number of pyridine rings is 2. The van der Waals surface area contributed by atoms with Crippen molar-refractivity contribution in [3.8, 4) is 17.3 Å². The van der Waals surface area contributed by atoms with Crippen LogP contribution in [0.2, 0.25) is 0 Å². The fraction of sp³-hybridized carbons (Fsp3) is 0.400. The van der Waals surface area contributed by atoms with Crippen LogP contribution in [0.3, 0.4) is 0 Å². The second-order valence-electron chi connectivity index (χ2n) is 8.40. The van der Waals surface area contributed by atoms with Crippen molar-refractivity contribution >= 4 is 22.6 Å². The molecule has 5 rings (SSSR count). The van der Waals surface area contributed by atoms with Crippen LogP contribution in [0.15, 0.2) is 30.3 Å². The molecule has 4 aromatic heterocycles. The zero-order chi connectivity index (χ0) is 22.4. The lowest BCUT2D eigenvalue weighted by Crippen LogP contribution is -2.07. The van der Waals surface area contributed by atoms with E-state index in [1.165, 1.54) is 12.8 Å². The Morgan fingerprint density at radius 3 is 2.66 bits per heavy atom. The van der Waals surface area contributed by atoms with Gasteiger partial charge in [-0.2, -0.15) is 0 Å². The first-order chi connectivity index (χ1) is 15.5. The number of fused-ring (bicyclic) bond motifs is 2. The third kappa shape index (κ3) is 3.42. The summed E-state index contributed by atoms with van der Waals surface area (Å²) in [5, 5.41) is 1.12. The van der Waals surface area contributed by atoms with Gasteiger partial charge in [-0.3, -0.25) is 4.40 Å². The van der Waals surface area contributed by atoms with Crippen molar-refractivity contribution in [2.45, 2.75) is 46.6 Å². The van der Waals surface area contributed by atoms with Gasteiger partial charge < -0.3 is 14.0 Å². The zero-order valence-corrected chi connectivity index (χ0v) is 19.0. The highest BCUT2D eigenvalue weighted by atomic mass is 16.5. The second kappa shape index (κ2) is 7.97. The van der Waals surface area contributed by atoms with Gasteiger partial charge in [0.1, 0.15) is 17.0 Å². The monoisotopic (exact) mass is 432 g/mol. The normalized spacial score (nSPS) is 13.8. The average molecular weight is 433 g/mol. The lowest BCUT2D eigenvalue weighted by Gasteiger charge is -2.10. The van der Waals surface area contributed by atoms with Crippen molar-refractivity contribution in [3.63, 3.8) is 0 Å². The molecule has 1 saturated carbocycles. The quantitative estimate of drug-likeness (QED) is 0.392. The van der Waals surface area contributed by atoms with Crippen molar-refractivity contribution < 1.29 is 14.3 Å². The number of nitrogens with zero attached hydrogens (tertiary/aromatic N) is 4. The predicted octanol–water partition coefficient (Wildman–Crippen LogP) is 4.82. The third-order valence-corrected chi connectivity index (χ3v) is 6.18. The molecule has 1 fully saturated rings. The summed E-state index contributed by atoms with van der Waals surface area (Å²) in [6.45, 7) is 7.22. The molecule has 0 bridgehead atoms. The number of aryl methyl sites for hydroxylation is 2. The van der Waals surface area contributed by atoms with E-state index in [1.54, 1.807) is 26.2 Å². The maximum absolute atomic E-state index is 12.4. The van der Waals surface area contributed by atoms with Crippen LogP contribution in [0, 0.1) is 12.8 Å². The molecule has 4 aromatic rings. The van der Waals surface area contributed by atoms with Crippen LogP contribution in [0.1, 0.15) is 48.4 Å². The van der Waals surface area contributed by atoms with Crippen molar-refractivity contribution in [2.24, 2.45) is 5.92 Å². The summed E-state index contributed by atoms with van der Waals surface area (Å²) in [4.78, 5) is 22.2. The first-order valence-corrected chi connectivity index (χ1v) is 11.3. The first-order valence-electron chi connectivity index (χ1n) is 11.3. The van der Waals surface area contributed by atoms with E-state index in [2.05, 4.69) is 29.7 Å². The fourth-order valence-corrected chi connectivity index (χ4v) is 4.30. The minimum Gasteiger partial charge on any atom is -0.482 e. The van der Waals surface area contributed by atoms with Gasteiger partial charge in [0.2, 0.25) is 0 Å². The summed E-state index contributed by atoms with van der Waals surface area (Å²) >= 11 is 0. The standard InChI is InChI=1S/C25H28N4O3/c1-5-19-10-9-17-11-20(28(24(17)26-19)14-16-7-8-16)23-15(3)29-21(27-23)12-18(13-22(29)31-4)25(30)32-6-2/h9-13,16H,5-8,14H2,1-4H3. The van der Waals surface area contributed by atoms with E-state index < -0.39 is 0 Å². The number of hydrogen-bond donors (Lipinski definition) is 0. The molecule has 4 heterocycles. The largest absolute Gasteiger partial charge is 0.482 e. The Morgan fingerprint density at radius 2 is 1.97 bits per heavy atom. The summed E-state index contributed by atoms with van der Waals surface area (Å²) < 4.78 is 15.1. The van der Waals surface area contributed by atoms with E-state index in [-0.39, 0.29) is 5.97 Å². The van der Waals surface area contributed by atoms with Gasteiger partial charge in [-0.05, 0) is 63.3 Å². The van der Waals surface area contributed by atoms with Gasteiger partial charge in [0.15, 0.2) is 5.88 Å². The number of imidazole rings is 1. The highest BCUT2D eigenvalue weighted by Gasteiger charge is 2.26. The maximum Gasteiger partial charge on any atom is 0.338 e. The molecule has 7 heteroatoms. The Kier molecular flexibility index (Phi) is 5.12. The number of aromatic nitrogens is 4. The van der Waals surface area contributed by atoms with Crippen molar-refractivity contribution in [3.05, 3.63) is 47.3 Å². The van der Waals surface area contributed by atoms with Crippen LogP contribution in [-0.4, -0.2) is 38.6 Å². The number of methoxy groups -OCH3 is 1. The Balaban J connectivity index is 1.72. The average Bonchev–Trinajstić information content (AvgIpc) is 3.47. The van der Waals surface area contributed by atoms with Crippen LogP contribution in [-0.2, 0) is 17.7 Å². The van der Waals surface area contributed by atoms with E-state index in [0.717, 1.165) is 46.8 Å². The number of rotatable bonds is 7. The van der Waals surface area contributed by atoms with Crippen molar-refractivity contribution in [2.75, 3.05) is 13.7 Å². The van der Waals surface area contributed by atoms with Crippen LogP contribution in [0.4, 0.5) is 0 Å². The summed E-state index contributed by atoms with van der Waals surface area (Å²) in [5.74, 6) is 0.867. The lowest BCUT2D eigenvalue weighted by atomic mass is 10.2. The van der Waals surface area contributed by atoms with Gasteiger partial charge >= 0.3 is 5.97 Å². The molecule has 0 spiro atoms. The lowest BCUT2D eigenvalue weighted by molar-refractivity contribution is 0.0526. The molecular formula is C25H28N4O3. The van der Waals surface area contributed by atoms with Gasteiger partial charge in [0.05, 0.1) is 30.7 Å². The third-order valence-electron chi connectivity index (χ3n) is 6.18. The fourth-order valence-electron chi connectivity index (χ4n) is 4.30. The van der Waals surface area contributed by atoms with Gasteiger partial charge in [-0.15, -0.1) is 0 Å². The summed E-state index contributed by atoms with van der Waals surface area (Å²) in [6, 6.07) is 9.89. The number of carbonyl (C=O) groups excluding carboxylic acids is 1. The molecule has 1 aliphatic carbocycles. The van der Waals surface area contributed by atoms with Gasteiger partial charge in [-0.1, -0.05) is 6.92 Å². The Hall–Kier alpha value is -3.35. The maximum atomic E-state index is 12.4. The molecule has 7 nitrogen and oxygen atoms in total. The Labute approximate surface area is 187 Å². The molecule has 1 aliphatic rings. The predicted molar refractivity (Wildman–Crippen MR) is 123 cm³/mol. The minimum absolute atomic E-state index is 0.319. The molecule has 0 saturated heterocycles. The number of hydrogen-bond acceptors (Lipinski definition) is 5. The SMILES string of the molecule is CCOC(=O)c1cc(OC)n2c(C)c(-c3cc4ccc(CC)nc4n3CC3CC3)nc2c1. The van der Waals surface area contributed by atoms with E-state index >= 15 is 0 Å². The minimum atomic E-state index is -0.380. The molecule has 32 heavy (non-hydrogen) atoms. The molecule has 0 radical (unpaired) electrons. The highest BCUT2D eigenvalue weighted by Crippen LogP contribution is 2.37. The van der Waals surface area contributed by atoms with E-state index in [9.17, 15) is 4.79 Å². The van der Waals surface area contributed by atoms with Crippen LogP contribution in [0.5, 0.6) is 5.88 Å². The van der Waals surface area contributed by atoms with E-state index in [4.69, 9.17) is 19.4 Å². The van der Waals surface area contributed by atoms with Gasteiger partial charge in [-0.25, -0.2) is 14.8 Å². The number of ether oxygens (including phenoxy) is 2. The molecule has 0 atom stereocenters. The molecule has 0 amide bonds. The molecule has 0 aromatic carbocycles. The number of carbonyl (C=O) groups is 1. The van der Waals surface area contributed by atoms with Gasteiger partial charge in [0, 0.05) is 23.7 Å². The summed E-state index contributed by atoms with van der Waals surface area (Å²) in [5.41, 5.74) is 6.08. The highest BCUT2D eigenvalue weighted by molar-refractivity contribution is 5.91. The molecule has 166 valence electrons.